The summed E-state index contributed by atoms with van der Waals surface area (Å²) in [5.74, 6) is 1.20. The zero-order valence-electron chi connectivity index (χ0n) is 12.3. The molecule has 1 aromatic heterocycles. The van der Waals surface area contributed by atoms with Crippen LogP contribution in [-0.2, 0) is 13.5 Å². The fourth-order valence-electron chi connectivity index (χ4n) is 2.71. The van der Waals surface area contributed by atoms with Gasteiger partial charge in [0.2, 0.25) is 0 Å². The van der Waals surface area contributed by atoms with Gasteiger partial charge in [-0.05, 0) is 38.4 Å². The van der Waals surface area contributed by atoms with Crippen LogP contribution in [0.1, 0.15) is 38.4 Å². The van der Waals surface area contributed by atoms with Gasteiger partial charge in [-0.2, -0.15) is 0 Å². The summed E-state index contributed by atoms with van der Waals surface area (Å²) >= 11 is 0. The maximum absolute atomic E-state index is 4.72. The quantitative estimate of drug-likeness (QED) is 0.827. The molecule has 3 nitrogen and oxygen atoms in total. The minimum atomic E-state index is 0.652. The molecule has 0 spiro atoms. The van der Waals surface area contributed by atoms with Crippen LogP contribution in [0.2, 0.25) is 0 Å². The Labute approximate surface area is 116 Å². The molecule has 3 heteroatoms. The third-order valence-corrected chi connectivity index (χ3v) is 3.88. The molecule has 1 aromatic carbocycles. The summed E-state index contributed by atoms with van der Waals surface area (Å²) in [4.78, 5) is 4.72. The van der Waals surface area contributed by atoms with Crippen LogP contribution in [0.25, 0.3) is 11.0 Å². The molecule has 1 N–H and O–H groups in total. The van der Waals surface area contributed by atoms with E-state index in [0.29, 0.717) is 6.04 Å². The van der Waals surface area contributed by atoms with Gasteiger partial charge in [-0.25, -0.2) is 4.98 Å². The standard InChI is InChI=1S/C16H25N3/c1-4-8-13(17-2)9-7-12-16-18-14-10-5-6-11-15(14)19(16)3/h5-6,10-11,13,17H,4,7-9,12H2,1-3H3. The van der Waals surface area contributed by atoms with Crippen molar-refractivity contribution < 1.29 is 0 Å². The molecule has 0 fully saturated rings. The average Bonchev–Trinajstić information content (AvgIpc) is 2.75. The van der Waals surface area contributed by atoms with Crippen LogP contribution >= 0.6 is 0 Å². The highest BCUT2D eigenvalue weighted by Crippen LogP contribution is 2.16. The van der Waals surface area contributed by atoms with Crippen LogP contribution in [0.5, 0.6) is 0 Å². The fourth-order valence-corrected chi connectivity index (χ4v) is 2.71. The highest BCUT2D eigenvalue weighted by atomic mass is 15.1. The predicted molar refractivity (Wildman–Crippen MR) is 81.4 cm³/mol. The summed E-state index contributed by atoms with van der Waals surface area (Å²) in [6.07, 6.45) is 6.00. The molecule has 0 bridgehead atoms. The van der Waals surface area contributed by atoms with Gasteiger partial charge in [0.25, 0.3) is 0 Å². The Morgan fingerprint density at radius 3 is 2.74 bits per heavy atom. The zero-order valence-corrected chi connectivity index (χ0v) is 12.3. The first-order valence-electron chi connectivity index (χ1n) is 7.33. The normalized spacial score (nSPS) is 13.0. The molecule has 0 aliphatic rings. The Balaban J connectivity index is 1.96. The predicted octanol–water partition coefficient (Wildman–Crippen LogP) is 3.28. The van der Waals surface area contributed by atoms with E-state index in [4.69, 9.17) is 4.98 Å². The molecule has 0 aliphatic heterocycles. The summed E-state index contributed by atoms with van der Waals surface area (Å²) in [5.41, 5.74) is 2.34. The van der Waals surface area contributed by atoms with Crippen molar-refractivity contribution in [3.8, 4) is 0 Å². The van der Waals surface area contributed by atoms with Crippen LogP contribution in [0, 0.1) is 0 Å². The van der Waals surface area contributed by atoms with Gasteiger partial charge in [-0.1, -0.05) is 25.5 Å². The number of benzene rings is 1. The minimum Gasteiger partial charge on any atom is -0.331 e. The first kappa shape index (κ1) is 14.1. The highest BCUT2D eigenvalue weighted by Gasteiger charge is 2.09. The lowest BCUT2D eigenvalue weighted by molar-refractivity contribution is 0.466. The maximum Gasteiger partial charge on any atom is 0.109 e. The van der Waals surface area contributed by atoms with Gasteiger partial charge in [-0.15, -0.1) is 0 Å². The molecule has 0 saturated heterocycles. The molecule has 0 saturated carbocycles. The maximum atomic E-state index is 4.72. The second-order valence-corrected chi connectivity index (χ2v) is 5.24. The number of imidazole rings is 1. The smallest absolute Gasteiger partial charge is 0.109 e. The molecule has 19 heavy (non-hydrogen) atoms. The van der Waals surface area contributed by atoms with E-state index in [2.05, 4.69) is 55.2 Å². The number of nitrogens with zero attached hydrogens (tertiary/aromatic N) is 2. The van der Waals surface area contributed by atoms with Crippen LogP contribution in [0.3, 0.4) is 0 Å². The van der Waals surface area contributed by atoms with Crippen molar-refractivity contribution in [2.24, 2.45) is 7.05 Å². The summed E-state index contributed by atoms with van der Waals surface area (Å²) in [5, 5.41) is 3.40. The van der Waals surface area contributed by atoms with Crippen molar-refractivity contribution >= 4 is 11.0 Å². The van der Waals surface area contributed by atoms with Gasteiger partial charge in [0, 0.05) is 19.5 Å². The zero-order chi connectivity index (χ0) is 13.7. The van der Waals surface area contributed by atoms with E-state index in [-0.39, 0.29) is 0 Å². The molecule has 1 atom stereocenters. The number of hydrogen-bond donors (Lipinski definition) is 1. The van der Waals surface area contributed by atoms with Crippen molar-refractivity contribution in [3.63, 3.8) is 0 Å². The third kappa shape index (κ3) is 3.35. The Morgan fingerprint density at radius 1 is 1.26 bits per heavy atom. The molecule has 0 amide bonds. The molecular weight excluding hydrogens is 234 g/mol. The van der Waals surface area contributed by atoms with Gasteiger partial charge in [0.05, 0.1) is 11.0 Å². The summed E-state index contributed by atoms with van der Waals surface area (Å²) in [6.45, 7) is 2.25. The van der Waals surface area contributed by atoms with E-state index in [1.807, 2.05) is 0 Å². The number of rotatable bonds is 7. The third-order valence-electron chi connectivity index (χ3n) is 3.88. The number of nitrogens with one attached hydrogen (secondary N) is 1. The van der Waals surface area contributed by atoms with E-state index in [1.165, 1.54) is 37.0 Å². The number of aromatic nitrogens is 2. The molecular formula is C16H25N3. The molecule has 0 radical (unpaired) electrons. The molecule has 1 heterocycles. The Kier molecular flexibility index (Phi) is 4.97. The largest absolute Gasteiger partial charge is 0.331 e. The second kappa shape index (κ2) is 6.71. The second-order valence-electron chi connectivity index (χ2n) is 5.24. The number of fused-ring (bicyclic) bond motifs is 1. The summed E-state index contributed by atoms with van der Waals surface area (Å²) < 4.78 is 2.23. The Hall–Kier alpha value is -1.35. The van der Waals surface area contributed by atoms with Crippen molar-refractivity contribution in [1.29, 1.82) is 0 Å². The van der Waals surface area contributed by atoms with Crippen LogP contribution in [-0.4, -0.2) is 22.6 Å². The van der Waals surface area contributed by atoms with Gasteiger partial charge < -0.3 is 9.88 Å². The van der Waals surface area contributed by atoms with E-state index in [9.17, 15) is 0 Å². The van der Waals surface area contributed by atoms with Crippen molar-refractivity contribution in [1.82, 2.24) is 14.9 Å². The van der Waals surface area contributed by atoms with Crippen LogP contribution < -0.4 is 5.32 Å². The van der Waals surface area contributed by atoms with Gasteiger partial charge in [0.15, 0.2) is 0 Å². The van der Waals surface area contributed by atoms with Gasteiger partial charge in [-0.3, -0.25) is 0 Å². The highest BCUT2D eigenvalue weighted by molar-refractivity contribution is 5.75. The summed E-state index contributed by atoms with van der Waals surface area (Å²) in [6, 6.07) is 9.01. The number of aryl methyl sites for hydroxylation is 2. The van der Waals surface area contributed by atoms with E-state index in [1.54, 1.807) is 0 Å². The molecule has 1 unspecified atom stereocenters. The van der Waals surface area contributed by atoms with Crippen molar-refractivity contribution in [2.75, 3.05) is 7.05 Å². The van der Waals surface area contributed by atoms with Crippen LogP contribution in [0.15, 0.2) is 24.3 Å². The van der Waals surface area contributed by atoms with Crippen molar-refractivity contribution in [3.05, 3.63) is 30.1 Å². The Morgan fingerprint density at radius 2 is 2.05 bits per heavy atom. The van der Waals surface area contributed by atoms with E-state index < -0.39 is 0 Å². The first-order chi connectivity index (χ1) is 9.26. The first-order valence-corrected chi connectivity index (χ1v) is 7.33. The van der Waals surface area contributed by atoms with Crippen molar-refractivity contribution in [2.45, 2.75) is 45.1 Å². The molecule has 104 valence electrons. The van der Waals surface area contributed by atoms with E-state index >= 15 is 0 Å². The van der Waals surface area contributed by atoms with Gasteiger partial charge in [0.1, 0.15) is 5.82 Å². The monoisotopic (exact) mass is 259 g/mol. The fraction of sp³-hybridized carbons (Fsp3) is 0.562. The molecule has 0 aliphatic carbocycles. The lowest BCUT2D eigenvalue weighted by Crippen LogP contribution is -2.24. The Bertz CT molecular complexity index is 516. The number of hydrogen-bond acceptors (Lipinski definition) is 2. The average molecular weight is 259 g/mol. The topological polar surface area (TPSA) is 29.9 Å². The number of para-hydroxylation sites is 2. The lowest BCUT2D eigenvalue weighted by Gasteiger charge is -2.14. The van der Waals surface area contributed by atoms with Gasteiger partial charge >= 0.3 is 0 Å². The molecule has 2 aromatic rings. The minimum absolute atomic E-state index is 0.652. The molecule has 2 rings (SSSR count). The lowest BCUT2D eigenvalue weighted by atomic mass is 10.1. The van der Waals surface area contributed by atoms with Crippen LogP contribution in [0.4, 0.5) is 0 Å². The SMILES string of the molecule is CCCC(CCCc1nc2ccccc2n1C)NC. The van der Waals surface area contributed by atoms with E-state index in [0.717, 1.165) is 11.9 Å². The summed E-state index contributed by atoms with van der Waals surface area (Å²) in [7, 11) is 4.18.